The van der Waals surface area contributed by atoms with Crippen LogP contribution in [0.2, 0.25) is 0 Å². The standard InChI is InChI=1S/C43H35NO4/c1-27-17-21-31(22-18-27)37-25-43(48,36-16-8-12-30-10-4-6-14-34(30)36)39(40(45)35-15-7-11-29-9-3-5-13-33(29)35)38(42(37,26-44)41(46)47)32-23-19-28(2)20-24-32/h3-24,37-39,48H,25H2,1-2H3,(H,46,47)/t37-,38+,39-,42-,43-/m0/s1. The Morgan fingerprint density at radius 1 is 0.688 bits per heavy atom. The van der Waals surface area contributed by atoms with E-state index in [0.717, 1.165) is 27.3 Å². The Morgan fingerprint density at radius 2 is 1.21 bits per heavy atom. The number of carboxylic acid groups (broad SMARTS) is 1. The molecule has 0 heterocycles. The summed E-state index contributed by atoms with van der Waals surface area (Å²) in [5.41, 5.74) is -0.0120. The first-order valence-corrected chi connectivity index (χ1v) is 16.2. The molecular formula is C43H35NO4. The van der Waals surface area contributed by atoms with Crippen LogP contribution < -0.4 is 0 Å². The first kappa shape index (κ1) is 31.1. The Kier molecular flexibility index (Phi) is 7.70. The number of carbonyl (C=O) groups is 2. The second-order valence-electron chi connectivity index (χ2n) is 13.2. The molecule has 0 aromatic heterocycles. The lowest BCUT2D eigenvalue weighted by Crippen LogP contribution is -2.58. The van der Waals surface area contributed by atoms with Gasteiger partial charge in [-0.05, 0) is 58.5 Å². The zero-order valence-corrected chi connectivity index (χ0v) is 26.8. The number of nitrogens with zero attached hydrogens (tertiary/aromatic N) is 1. The monoisotopic (exact) mass is 629 g/mol. The van der Waals surface area contributed by atoms with Crippen LogP contribution in [0, 0.1) is 36.5 Å². The number of ketones is 1. The first-order chi connectivity index (χ1) is 23.2. The molecule has 0 saturated heterocycles. The quantitative estimate of drug-likeness (QED) is 0.179. The van der Waals surface area contributed by atoms with Crippen molar-refractivity contribution in [1.29, 1.82) is 5.26 Å². The van der Waals surface area contributed by atoms with Crippen LogP contribution in [-0.4, -0.2) is 22.0 Å². The van der Waals surface area contributed by atoms with Crippen molar-refractivity contribution in [1.82, 2.24) is 0 Å². The van der Waals surface area contributed by atoms with Crippen LogP contribution >= 0.6 is 0 Å². The Bertz CT molecular complexity index is 2220. The SMILES string of the molecule is Cc1ccc([C@@H]2[C@@H](C(=O)c3cccc4ccccc34)[C@@](O)(c3cccc4ccccc34)C[C@@H](c3ccc(C)cc3)[C@]2(C#N)C(=O)O)cc1. The Labute approximate surface area is 279 Å². The molecule has 0 radical (unpaired) electrons. The van der Waals surface area contributed by atoms with Gasteiger partial charge >= 0.3 is 5.97 Å². The molecule has 0 unspecified atom stereocenters. The summed E-state index contributed by atoms with van der Waals surface area (Å²) in [6.45, 7) is 3.87. The number of hydrogen-bond acceptors (Lipinski definition) is 4. The van der Waals surface area contributed by atoms with Gasteiger partial charge in [0.2, 0.25) is 0 Å². The van der Waals surface area contributed by atoms with Crippen molar-refractivity contribution < 1.29 is 19.8 Å². The molecule has 2 N–H and O–H groups in total. The summed E-state index contributed by atoms with van der Waals surface area (Å²) in [4.78, 5) is 29.3. The number of nitriles is 1. The number of aliphatic hydroxyl groups is 1. The third kappa shape index (κ3) is 4.80. The number of Topliss-reactive ketones (excluding diaryl/α,β-unsaturated/α-hetero) is 1. The minimum Gasteiger partial charge on any atom is -0.480 e. The summed E-state index contributed by atoms with van der Waals surface area (Å²) in [6, 6.07) is 43.5. The summed E-state index contributed by atoms with van der Waals surface area (Å²) < 4.78 is 0. The average Bonchev–Trinajstić information content (AvgIpc) is 3.11. The summed E-state index contributed by atoms with van der Waals surface area (Å²) in [5, 5.41) is 39.3. The molecule has 1 aliphatic rings. The van der Waals surface area contributed by atoms with Crippen LogP contribution in [0.5, 0.6) is 0 Å². The average molecular weight is 630 g/mol. The van der Waals surface area contributed by atoms with Gasteiger partial charge in [0.15, 0.2) is 11.2 Å². The van der Waals surface area contributed by atoms with Gasteiger partial charge in [0.25, 0.3) is 0 Å². The van der Waals surface area contributed by atoms with Crippen molar-refractivity contribution in [2.75, 3.05) is 0 Å². The van der Waals surface area contributed by atoms with Crippen LogP contribution in [-0.2, 0) is 10.4 Å². The highest BCUT2D eigenvalue weighted by molar-refractivity contribution is 6.10. The maximum atomic E-state index is 15.4. The fourth-order valence-electron chi connectivity index (χ4n) is 8.10. The molecule has 48 heavy (non-hydrogen) atoms. The highest BCUT2D eigenvalue weighted by Crippen LogP contribution is 2.64. The van der Waals surface area contributed by atoms with Crippen molar-refractivity contribution in [3.05, 3.63) is 167 Å². The summed E-state index contributed by atoms with van der Waals surface area (Å²) >= 11 is 0. The van der Waals surface area contributed by atoms with E-state index >= 15 is 4.79 Å². The zero-order valence-electron chi connectivity index (χ0n) is 26.8. The van der Waals surface area contributed by atoms with Crippen LogP contribution in [0.1, 0.15) is 56.4 Å². The van der Waals surface area contributed by atoms with Crippen molar-refractivity contribution in [3.8, 4) is 6.07 Å². The van der Waals surface area contributed by atoms with E-state index in [1.165, 1.54) is 0 Å². The molecule has 0 bridgehead atoms. The van der Waals surface area contributed by atoms with Crippen LogP contribution in [0.3, 0.4) is 0 Å². The van der Waals surface area contributed by atoms with E-state index < -0.39 is 40.5 Å². The van der Waals surface area contributed by atoms with E-state index in [1.54, 1.807) is 24.3 Å². The van der Waals surface area contributed by atoms with Crippen molar-refractivity contribution in [2.24, 2.45) is 11.3 Å². The number of hydrogen-bond donors (Lipinski definition) is 2. The lowest BCUT2D eigenvalue weighted by Gasteiger charge is -2.54. The molecule has 7 rings (SSSR count). The third-order valence-electron chi connectivity index (χ3n) is 10.5. The minimum absolute atomic E-state index is 0.159. The molecule has 6 aromatic carbocycles. The van der Waals surface area contributed by atoms with Gasteiger partial charge in [-0.3, -0.25) is 9.59 Å². The van der Waals surface area contributed by atoms with Crippen LogP contribution in [0.4, 0.5) is 0 Å². The summed E-state index contributed by atoms with van der Waals surface area (Å²) in [6.07, 6.45) is -0.159. The van der Waals surface area contributed by atoms with E-state index in [4.69, 9.17) is 0 Å². The molecule has 5 heteroatoms. The molecule has 5 nitrogen and oxygen atoms in total. The smallest absolute Gasteiger partial charge is 0.325 e. The number of fused-ring (bicyclic) bond motifs is 2. The fraction of sp³-hybridized carbons (Fsp3) is 0.186. The first-order valence-electron chi connectivity index (χ1n) is 16.2. The zero-order chi connectivity index (χ0) is 33.6. The molecule has 0 aliphatic heterocycles. The number of aryl methyl sites for hydroxylation is 2. The van der Waals surface area contributed by atoms with Gasteiger partial charge in [-0.2, -0.15) is 5.26 Å². The van der Waals surface area contributed by atoms with Gasteiger partial charge in [-0.15, -0.1) is 0 Å². The molecule has 1 fully saturated rings. The minimum atomic E-state index is -2.10. The maximum Gasteiger partial charge on any atom is 0.325 e. The Morgan fingerprint density at radius 3 is 1.81 bits per heavy atom. The van der Waals surface area contributed by atoms with E-state index in [2.05, 4.69) is 6.07 Å². The second-order valence-corrected chi connectivity index (χ2v) is 13.2. The summed E-state index contributed by atoms with van der Waals surface area (Å²) in [7, 11) is 0. The van der Waals surface area contributed by atoms with Crippen LogP contribution in [0.25, 0.3) is 21.5 Å². The molecule has 236 valence electrons. The van der Waals surface area contributed by atoms with Crippen molar-refractivity contribution in [2.45, 2.75) is 37.7 Å². The molecule has 6 aromatic rings. The molecule has 1 aliphatic carbocycles. The van der Waals surface area contributed by atoms with E-state index in [-0.39, 0.29) is 6.42 Å². The number of carbonyl (C=O) groups excluding carboxylic acids is 1. The second kappa shape index (κ2) is 11.9. The number of aliphatic carboxylic acids is 1. The van der Waals surface area contributed by atoms with Gasteiger partial charge in [0, 0.05) is 17.4 Å². The van der Waals surface area contributed by atoms with E-state index in [1.807, 2.05) is 123 Å². The number of benzene rings is 6. The fourth-order valence-corrected chi connectivity index (χ4v) is 8.10. The predicted molar refractivity (Wildman–Crippen MR) is 188 cm³/mol. The van der Waals surface area contributed by atoms with Gasteiger partial charge in [-0.25, -0.2) is 0 Å². The lowest BCUT2D eigenvalue weighted by molar-refractivity contribution is -0.158. The molecule has 0 amide bonds. The number of rotatable bonds is 6. The Balaban J connectivity index is 1.61. The highest BCUT2D eigenvalue weighted by atomic mass is 16.4. The Hall–Kier alpha value is -5.57. The van der Waals surface area contributed by atoms with Gasteiger partial charge in [0.05, 0.1) is 12.0 Å². The largest absolute Gasteiger partial charge is 0.480 e. The van der Waals surface area contributed by atoms with Crippen molar-refractivity contribution >= 4 is 33.3 Å². The predicted octanol–water partition coefficient (Wildman–Crippen LogP) is 8.86. The maximum absolute atomic E-state index is 15.4. The van der Waals surface area contributed by atoms with E-state index in [0.29, 0.717) is 27.6 Å². The topological polar surface area (TPSA) is 98.4 Å². The highest BCUT2D eigenvalue weighted by Gasteiger charge is 2.67. The lowest BCUT2D eigenvalue weighted by atomic mass is 9.47. The van der Waals surface area contributed by atoms with Gasteiger partial charge in [-0.1, -0.05) is 145 Å². The molecular weight excluding hydrogens is 594 g/mol. The number of carboxylic acids is 1. The molecule has 0 spiro atoms. The molecule has 5 atom stereocenters. The summed E-state index contributed by atoms with van der Waals surface area (Å²) in [5.74, 6) is -5.26. The van der Waals surface area contributed by atoms with E-state index in [9.17, 15) is 20.3 Å². The van der Waals surface area contributed by atoms with Gasteiger partial charge in [0.1, 0.15) is 5.60 Å². The normalized spacial score (nSPS) is 23.8. The molecule has 1 saturated carbocycles. The van der Waals surface area contributed by atoms with Crippen LogP contribution in [0.15, 0.2) is 133 Å². The van der Waals surface area contributed by atoms with Crippen molar-refractivity contribution in [3.63, 3.8) is 0 Å². The van der Waals surface area contributed by atoms with Gasteiger partial charge < -0.3 is 10.2 Å². The third-order valence-corrected chi connectivity index (χ3v) is 10.5.